The van der Waals surface area contributed by atoms with E-state index < -0.39 is 31.2 Å². The van der Waals surface area contributed by atoms with Crippen LogP contribution in [0.4, 0.5) is 22.4 Å². The van der Waals surface area contributed by atoms with E-state index in [1.165, 1.54) is 28.9 Å². The molecular formula is C22H24F4N6O4S. The summed E-state index contributed by atoms with van der Waals surface area (Å²) in [6.45, 7) is -1.92. The third-order valence-electron chi connectivity index (χ3n) is 5.31. The second-order valence-corrected chi connectivity index (χ2v) is 8.92. The highest BCUT2D eigenvalue weighted by Crippen LogP contribution is 2.19. The molecule has 1 aliphatic rings. The molecule has 1 aromatic carbocycles. The lowest BCUT2D eigenvalue weighted by Crippen LogP contribution is -2.37. The van der Waals surface area contributed by atoms with E-state index in [1.54, 1.807) is 5.32 Å². The first-order chi connectivity index (χ1) is 17.6. The van der Waals surface area contributed by atoms with E-state index in [0.29, 0.717) is 37.1 Å². The number of aromatic nitrogens is 3. The quantitative estimate of drug-likeness (QED) is 0.311. The van der Waals surface area contributed by atoms with Gasteiger partial charge >= 0.3 is 6.18 Å². The predicted octanol–water partition coefficient (Wildman–Crippen LogP) is 2.67. The first-order valence-electron chi connectivity index (χ1n) is 11.3. The second-order valence-electron chi connectivity index (χ2n) is 8.00. The Labute approximate surface area is 213 Å². The summed E-state index contributed by atoms with van der Waals surface area (Å²) in [6.07, 6.45) is -2.78. The molecule has 37 heavy (non-hydrogen) atoms. The molecule has 4 amide bonds. The molecule has 0 aliphatic carbocycles. The molecule has 15 heteroatoms. The number of rotatable bonds is 12. The van der Waals surface area contributed by atoms with Crippen molar-refractivity contribution in [2.24, 2.45) is 0 Å². The molecule has 0 unspecified atom stereocenters. The summed E-state index contributed by atoms with van der Waals surface area (Å²) < 4.78 is 50.9. The number of carbonyl (C=O) groups excluding carboxylic acids is 4. The van der Waals surface area contributed by atoms with Gasteiger partial charge in [-0.1, -0.05) is 23.4 Å². The van der Waals surface area contributed by atoms with Crippen molar-refractivity contribution >= 4 is 34.7 Å². The molecule has 1 aromatic heterocycles. The maximum absolute atomic E-state index is 12.8. The fraction of sp³-hybridized carbons (Fsp3) is 0.455. The van der Waals surface area contributed by atoms with Crippen LogP contribution in [-0.4, -0.2) is 81.1 Å². The Morgan fingerprint density at radius 3 is 2.38 bits per heavy atom. The number of alkyl halides is 4. The number of hydrogen-bond acceptors (Lipinski definition) is 7. The predicted molar refractivity (Wildman–Crippen MR) is 125 cm³/mol. The Morgan fingerprint density at radius 1 is 1.03 bits per heavy atom. The summed E-state index contributed by atoms with van der Waals surface area (Å²) in [7, 11) is 0. The van der Waals surface area contributed by atoms with Crippen molar-refractivity contribution < 1.29 is 36.7 Å². The largest absolute Gasteiger partial charge is 0.405 e. The van der Waals surface area contributed by atoms with Crippen molar-refractivity contribution in [1.82, 2.24) is 30.5 Å². The van der Waals surface area contributed by atoms with Gasteiger partial charge in [-0.3, -0.25) is 28.5 Å². The molecule has 0 atom stereocenters. The van der Waals surface area contributed by atoms with E-state index in [2.05, 4.69) is 15.6 Å². The number of halogens is 4. The summed E-state index contributed by atoms with van der Waals surface area (Å²) in [5.41, 5.74) is 0.819. The van der Waals surface area contributed by atoms with E-state index in [0.717, 1.165) is 16.7 Å². The van der Waals surface area contributed by atoms with Crippen LogP contribution in [0.15, 0.2) is 24.3 Å². The van der Waals surface area contributed by atoms with E-state index in [-0.39, 0.29) is 41.2 Å². The van der Waals surface area contributed by atoms with Crippen molar-refractivity contribution in [3.8, 4) is 5.69 Å². The van der Waals surface area contributed by atoms with E-state index in [9.17, 15) is 36.7 Å². The molecule has 2 N–H and O–H groups in total. The zero-order chi connectivity index (χ0) is 27.0. The SMILES string of the molecule is O=C(NCC(F)(F)F)c1ccc(-n2nnc(C(=O)NCCN3C(=O)CSC3=O)c2CCCCCF)cc1. The number of unbranched alkanes of at least 4 members (excludes halogenated alkanes) is 2. The van der Waals surface area contributed by atoms with Crippen LogP contribution in [0.1, 0.15) is 45.8 Å². The molecule has 1 saturated heterocycles. The van der Waals surface area contributed by atoms with Crippen LogP contribution < -0.4 is 10.6 Å². The highest BCUT2D eigenvalue weighted by Gasteiger charge is 2.30. The highest BCUT2D eigenvalue weighted by atomic mass is 32.2. The maximum atomic E-state index is 12.8. The van der Waals surface area contributed by atoms with Crippen LogP contribution in [0.25, 0.3) is 5.69 Å². The molecule has 1 fully saturated rings. The lowest BCUT2D eigenvalue weighted by Gasteiger charge is -2.13. The van der Waals surface area contributed by atoms with Gasteiger partial charge < -0.3 is 10.6 Å². The minimum Gasteiger partial charge on any atom is -0.349 e. The first-order valence-corrected chi connectivity index (χ1v) is 12.3. The normalized spacial score (nSPS) is 13.8. The number of nitrogens with zero attached hydrogens (tertiary/aromatic N) is 4. The van der Waals surface area contributed by atoms with Crippen LogP contribution in [0, 0.1) is 0 Å². The van der Waals surface area contributed by atoms with E-state index in [4.69, 9.17) is 0 Å². The smallest absolute Gasteiger partial charge is 0.349 e. The minimum absolute atomic E-state index is 0.000233. The first kappa shape index (κ1) is 28.1. The molecule has 10 nitrogen and oxygen atoms in total. The van der Waals surface area contributed by atoms with Gasteiger partial charge in [-0.2, -0.15) is 13.2 Å². The summed E-state index contributed by atoms with van der Waals surface area (Å²) in [5.74, 6) is -1.75. The standard InChI is InChI=1S/C22H24F4N6O4S/c23-9-3-1-2-4-16-18(20(35)27-10-11-31-17(33)12-37-21(31)36)29-30-32(16)15-7-5-14(6-8-15)19(34)28-13-22(24,25)26/h5-8H,1-4,9-13H2,(H,27,35)(H,28,34). The van der Waals surface area contributed by atoms with Gasteiger partial charge in [-0.25, -0.2) is 4.68 Å². The molecule has 0 bridgehead atoms. The fourth-order valence-corrected chi connectivity index (χ4v) is 4.22. The van der Waals surface area contributed by atoms with Gasteiger partial charge in [0.15, 0.2) is 5.69 Å². The van der Waals surface area contributed by atoms with Crippen molar-refractivity contribution in [2.75, 3.05) is 32.1 Å². The van der Waals surface area contributed by atoms with Gasteiger partial charge in [0.1, 0.15) is 6.54 Å². The summed E-state index contributed by atoms with van der Waals surface area (Å²) in [4.78, 5) is 49.2. The van der Waals surface area contributed by atoms with Crippen molar-refractivity contribution in [3.63, 3.8) is 0 Å². The monoisotopic (exact) mass is 544 g/mol. The number of carbonyl (C=O) groups is 4. The van der Waals surface area contributed by atoms with Gasteiger partial charge in [0.25, 0.3) is 17.1 Å². The van der Waals surface area contributed by atoms with Gasteiger partial charge in [0.05, 0.1) is 23.8 Å². The van der Waals surface area contributed by atoms with E-state index in [1.807, 2.05) is 0 Å². The van der Waals surface area contributed by atoms with Crippen molar-refractivity contribution in [2.45, 2.75) is 31.9 Å². The van der Waals surface area contributed by atoms with Crippen LogP contribution in [0.3, 0.4) is 0 Å². The molecule has 200 valence electrons. The minimum atomic E-state index is -4.54. The number of hydrogen-bond donors (Lipinski definition) is 2. The second kappa shape index (κ2) is 12.7. The van der Waals surface area contributed by atoms with Crippen LogP contribution >= 0.6 is 11.8 Å². The molecule has 2 heterocycles. The average molecular weight is 545 g/mol. The zero-order valence-electron chi connectivity index (χ0n) is 19.5. The van der Waals surface area contributed by atoms with Crippen LogP contribution in [0.5, 0.6) is 0 Å². The molecule has 0 spiro atoms. The van der Waals surface area contributed by atoms with Crippen molar-refractivity contribution in [1.29, 1.82) is 0 Å². The van der Waals surface area contributed by atoms with E-state index >= 15 is 0 Å². The lowest BCUT2D eigenvalue weighted by atomic mass is 10.1. The van der Waals surface area contributed by atoms with Crippen LogP contribution in [0.2, 0.25) is 0 Å². The Kier molecular flexibility index (Phi) is 9.60. The maximum Gasteiger partial charge on any atom is 0.405 e. The molecule has 2 aromatic rings. The number of benzene rings is 1. The Morgan fingerprint density at radius 2 is 1.76 bits per heavy atom. The van der Waals surface area contributed by atoms with Crippen LogP contribution in [-0.2, 0) is 11.2 Å². The molecular weight excluding hydrogens is 520 g/mol. The summed E-state index contributed by atoms with van der Waals surface area (Å²) in [5, 5.41) is 12.0. The number of amides is 4. The third kappa shape index (κ3) is 7.74. The number of nitrogens with one attached hydrogen (secondary N) is 2. The highest BCUT2D eigenvalue weighted by molar-refractivity contribution is 8.14. The summed E-state index contributed by atoms with van der Waals surface area (Å²) >= 11 is 0.889. The average Bonchev–Trinajstić information content (AvgIpc) is 3.43. The van der Waals surface area contributed by atoms with Crippen molar-refractivity contribution in [3.05, 3.63) is 41.2 Å². The van der Waals surface area contributed by atoms with Gasteiger partial charge in [-0.15, -0.1) is 5.10 Å². The fourth-order valence-electron chi connectivity index (χ4n) is 3.47. The van der Waals surface area contributed by atoms with Gasteiger partial charge in [-0.05, 0) is 43.5 Å². The van der Waals surface area contributed by atoms with Gasteiger partial charge in [0.2, 0.25) is 5.91 Å². The lowest BCUT2D eigenvalue weighted by molar-refractivity contribution is -0.124. The van der Waals surface area contributed by atoms with Gasteiger partial charge in [0, 0.05) is 18.7 Å². The summed E-state index contributed by atoms with van der Waals surface area (Å²) in [6, 6.07) is 5.53. The topological polar surface area (TPSA) is 126 Å². The number of thioether (sulfide) groups is 1. The molecule has 0 radical (unpaired) electrons. The molecule has 0 saturated carbocycles. The molecule has 1 aliphatic heterocycles. The Bertz CT molecular complexity index is 1120. The zero-order valence-corrected chi connectivity index (χ0v) is 20.3. The Hall–Kier alpha value is -3.49. The molecule has 3 rings (SSSR count). The number of imide groups is 1. The Balaban J connectivity index is 1.73. The third-order valence-corrected chi connectivity index (χ3v) is 6.17.